The molecule has 0 saturated heterocycles. The van der Waals surface area contributed by atoms with E-state index in [-0.39, 0.29) is 18.2 Å². The van der Waals surface area contributed by atoms with E-state index in [0.717, 1.165) is 12.8 Å². The van der Waals surface area contributed by atoms with Gasteiger partial charge in [0.1, 0.15) is 11.5 Å². The Bertz CT molecular complexity index is 531. The number of carbonyl (C=O) groups excluding carboxylic acids is 2. The van der Waals surface area contributed by atoms with Gasteiger partial charge in [0, 0.05) is 32.5 Å². The first-order valence-electron chi connectivity index (χ1n) is 7.80. The van der Waals surface area contributed by atoms with Crippen LogP contribution in [0.2, 0.25) is 0 Å². The van der Waals surface area contributed by atoms with Gasteiger partial charge in [-0.1, -0.05) is 13.3 Å². The highest BCUT2D eigenvalue weighted by Gasteiger charge is 2.18. The molecule has 128 valence electrons. The van der Waals surface area contributed by atoms with Crippen molar-refractivity contribution in [1.82, 2.24) is 5.32 Å². The Morgan fingerprint density at radius 3 is 2.52 bits per heavy atom. The van der Waals surface area contributed by atoms with Crippen LogP contribution < -0.4 is 19.7 Å². The molecule has 23 heavy (non-hydrogen) atoms. The van der Waals surface area contributed by atoms with Gasteiger partial charge in [-0.05, 0) is 18.6 Å². The molecule has 1 aromatic carbocycles. The highest BCUT2D eigenvalue weighted by molar-refractivity contribution is 5.94. The molecule has 1 N–H and O–H groups in total. The van der Waals surface area contributed by atoms with Gasteiger partial charge in [0.05, 0.1) is 19.9 Å². The number of carbonyl (C=O) groups is 2. The fraction of sp³-hybridized carbons (Fsp3) is 0.529. The number of ether oxygens (including phenoxy) is 2. The van der Waals surface area contributed by atoms with E-state index in [1.165, 1.54) is 18.9 Å². The zero-order chi connectivity index (χ0) is 17.2. The quantitative estimate of drug-likeness (QED) is 0.709. The van der Waals surface area contributed by atoms with Crippen molar-refractivity contribution < 1.29 is 19.1 Å². The van der Waals surface area contributed by atoms with Crippen LogP contribution in [-0.2, 0) is 9.59 Å². The SMILES string of the molecule is CCCCNC(=O)CCN(C(C)=O)c1ccc(OC)cc1OC. The summed E-state index contributed by atoms with van der Waals surface area (Å²) < 4.78 is 10.5. The van der Waals surface area contributed by atoms with Gasteiger partial charge < -0.3 is 19.7 Å². The Balaban J connectivity index is 2.79. The van der Waals surface area contributed by atoms with Crippen molar-refractivity contribution in [2.24, 2.45) is 0 Å². The molecule has 0 saturated carbocycles. The van der Waals surface area contributed by atoms with Crippen LogP contribution in [0.1, 0.15) is 33.1 Å². The average Bonchev–Trinajstić information content (AvgIpc) is 2.55. The highest BCUT2D eigenvalue weighted by atomic mass is 16.5. The zero-order valence-electron chi connectivity index (χ0n) is 14.3. The van der Waals surface area contributed by atoms with Crippen LogP contribution in [0, 0.1) is 0 Å². The zero-order valence-corrected chi connectivity index (χ0v) is 14.3. The topological polar surface area (TPSA) is 67.9 Å². The van der Waals surface area contributed by atoms with Crippen molar-refractivity contribution in [3.8, 4) is 11.5 Å². The predicted molar refractivity (Wildman–Crippen MR) is 90.1 cm³/mol. The molecule has 0 heterocycles. The molecule has 0 aromatic heterocycles. The maximum Gasteiger partial charge on any atom is 0.223 e. The smallest absolute Gasteiger partial charge is 0.223 e. The fourth-order valence-electron chi connectivity index (χ4n) is 2.16. The second kappa shape index (κ2) is 9.71. The van der Waals surface area contributed by atoms with Gasteiger partial charge in [-0.25, -0.2) is 0 Å². The van der Waals surface area contributed by atoms with E-state index in [4.69, 9.17) is 9.47 Å². The Morgan fingerprint density at radius 1 is 1.22 bits per heavy atom. The van der Waals surface area contributed by atoms with E-state index in [9.17, 15) is 9.59 Å². The molecule has 1 aromatic rings. The van der Waals surface area contributed by atoms with Crippen molar-refractivity contribution in [3.05, 3.63) is 18.2 Å². The van der Waals surface area contributed by atoms with Crippen LogP contribution in [0.5, 0.6) is 11.5 Å². The van der Waals surface area contributed by atoms with Crippen molar-refractivity contribution in [2.75, 3.05) is 32.2 Å². The number of nitrogens with zero attached hydrogens (tertiary/aromatic N) is 1. The molecule has 1 rings (SSSR count). The van der Waals surface area contributed by atoms with Crippen molar-refractivity contribution in [3.63, 3.8) is 0 Å². The summed E-state index contributed by atoms with van der Waals surface area (Å²) >= 11 is 0. The molecule has 0 bridgehead atoms. The lowest BCUT2D eigenvalue weighted by molar-refractivity contribution is -0.121. The molecule has 0 radical (unpaired) electrons. The summed E-state index contributed by atoms with van der Waals surface area (Å²) in [5, 5.41) is 2.85. The van der Waals surface area contributed by atoms with Gasteiger partial charge in [-0.2, -0.15) is 0 Å². The van der Waals surface area contributed by atoms with Gasteiger partial charge in [-0.3, -0.25) is 9.59 Å². The summed E-state index contributed by atoms with van der Waals surface area (Å²) in [4.78, 5) is 25.3. The summed E-state index contributed by atoms with van der Waals surface area (Å²) in [6.07, 6.45) is 2.23. The molecule has 0 aliphatic heterocycles. The molecular formula is C17H26N2O4. The average molecular weight is 322 g/mol. The number of rotatable bonds is 9. The van der Waals surface area contributed by atoms with E-state index in [1.54, 1.807) is 25.3 Å². The summed E-state index contributed by atoms with van der Waals surface area (Å²) in [7, 11) is 3.10. The van der Waals surface area contributed by atoms with Gasteiger partial charge in [0.25, 0.3) is 0 Å². The van der Waals surface area contributed by atoms with Crippen molar-refractivity contribution in [1.29, 1.82) is 0 Å². The molecular weight excluding hydrogens is 296 g/mol. The van der Waals surface area contributed by atoms with Crippen LogP contribution >= 0.6 is 0 Å². The predicted octanol–water partition coefficient (Wildman–Crippen LogP) is 2.36. The Kier molecular flexibility index (Phi) is 7.94. The maximum atomic E-state index is 11.9. The van der Waals surface area contributed by atoms with Gasteiger partial charge in [-0.15, -0.1) is 0 Å². The number of benzene rings is 1. The van der Waals surface area contributed by atoms with E-state index in [1.807, 2.05) is 0 Å². The lowest BCUT2D eigenvalue weighted by Crippen LogP contribution is -2.34. The first kappa shape index (κ1) is 18.8. The third kappa shape index (κ3) is 5.81. The second-order valence-corrected chi connectivity index (χ2v) is 5.16. The Labute approximate surface area is 137 Å². The van der Waals surface area contributed by atoms with Gasteiger partial charge in [0.2, 0.25) is 11.8 Å². The summed E-state index contributed by atoms with van der Waals surface area (Å²) in [5.74, 6) is 0.976. The molecule has 0 aliphatic carbocycles. The lowest BCUT2D eigenvalue weighted by atomic mass is 10.2. The number of anilines is 1. The largest absolute Gasteiger partial charge is 0.497 e. The van der Waals surface area contributed by atoms with Crippen LogP contribution in [0.4, 0.5) is 5.69 Å². The van der Waals surface area contributed by atoms with Crippen molar-refractivity contribution in [2.45, 2.75) is 33.1 Å². The Morgan fingerprint density at radius 2 is 1.96 bits per heavy atom. The van der Waals surface area contributed by atoms with E-state index in [2.05, 4.69) is 12.2 Å². The lowest BCUT2D eigenvalue weighted by Gasteiger charge is -2.23. The van der Waals surface area contributed by atoms with E-state index in [0.29, 0.717) is 30.3 Å². The standard InChI is InChI=1S/C17H26N2O4/c1-5-6-10-18-17(21)9-11-19(13(2)20)15-8-7-14(22-3)12-16(15)23-4/h7-8,12H,5-6,9-11H2,1-4H3,(H,18,21). The molecule has 0 atom stereocenters. The fourth-order valence-corrected chi connectivity index (χ4v) is 2.16. The monoisotopic (exact) mass is 322 g/mol. The minimum Gasteiger partial charge on any atom is -0.497 e. The number of amides is 2. The number of unbranched alkanes of at least 4 members (excludes halogenated alkanes) is 1. The molecule has 6 nitrogen and oxygen atoms in total. The minimum absolute atomic E-state index is 0.0582. The second-order valence-electron chi connectivity index (χ2n) is 5.16. The molecule has 2 amide bonds. The first-order valence-corrected chi connectivity index (χ1v) is 7.80. The number of hydrogen-bond donors (Lipinski definition) is 1. The molecule has 6 heteroatoms. The van der Waals surface area contributed by atoms with Crippen LogP contribution in [0.15, 0.2) is 18.2 Å². The van der Waals surface area contributed by atoms with E-state index < -0.39 is 0 Å². The first-order chi connectivity index (χ1) is 11.0. The van der Waals surface area contributed by atoms with E-state index >= 15 is 0 Å². The minimum atomic E-state index is -0.144. The van der Waals surface area contributed by atoms with Crippen LogP contribution in [-0.4, -0.2) is 39.1 Å². The van der Waals surface area contributed by atoms with Crippen LogP contribution in [0.25, 0.3) is 0 Å². The Hall–Kier alpha value is -2.24. The molecule has 0 spiro atoms. The van der Waals surface area contributed by atoms with Crippen molar-refractivity contribution >= 4 is 17.5 Å². The summed E-state index contributed by atoms with van der Waals surface area (Å²) in [5.41, 5.74) is 0.627. The van der Waals surface area contributed by atoms with Crippen LogP contribution in [0.3, 0.4) is 0 Å². The highest BCUT2D eigenvalue weighted by Crippen LogP contribution is 2.32. The van der Waals surface area contributed by atoms with Gasteiger partial charge in [0.15, 0.2) is 0 Å². The van der Waals surface area contributed by atoms with Gasteiger partial charge >= 0.3 is 0 Å². The molecule has 0 fully saturated rings. The normalized spacial score (nSPS) is 10.1. The number of methoxy groups -OCH3 is 2. The third-order valence-corrected chi connectivity index (χ3v) is 3.47. The number of hydrogen-bond acceptors (Lipinski definition) is 4. The third-order valence-electron chi connectivity index (χ3n) is 3.47. The summed E-state index contributed by atoms with van der Waals surface area (Å²) in [6.45, 7) is 4.51. The molecule has 0 aliphatic rings. The maximum absolute atomic E-state index is 11.9. The summed E-state index contributed by atoms with van der Waals surface area (Å²) in [6, 6.07) is 5.23. The molecule has 0 unspecified atom stereocenters. The number of nitrogens with one attached hydrogen (secondary N) is 1.